The Kier molecular flexibility index (Phi) is 4.38. The average molecular weight is 260 g/mol. The van der Waals surface area contributed by atoms with Crippen molar-refractivity contribution in [1.29, 1.82) is 0 Å². The van der Waals surface area contributed by atoms with Crippen LogP contribution in [-0.2, 0) is 0 Å². The van der Waals surface area contributed by atoms with Crippen molar-refractivity contribution in [3.05, 3.63) is 23.8 Å². The van der Waals surface area contributed by atoms with Gasteiger partial charge in [0.1, 0.15) is 0 Å². The Labute approximate surface area is 117 Å². The van der Waals surface area contributed by atoms with E-state index in [9.17, 15) is 0 Å². The first-order valence-corrected chi connectivity index (χ1v) is 7.61. The third kappa shape index (κ3) is 3.65. The van der Waals surface area contributed by atoms with Crippen LogP contribution in [0.25, 0.3) is 0 Å². The van der Waals surface area contributed by atoms with E-state index in [-0.39, 0.29) is 0 Å². The van der Waals surface area contributed by atoms with Gasteiger partial charge in [-0.25, -0.2) is 0 Å². The second kappa shape index (κ2) is 5.85. The number of rotatable bonds is 5. The molecule has 2 nitrogen and oxygen atoms in total. The summed E-state index contributed by atoms with van der Waals surface area (Å²) in [5, 5.41) is 3.62. The first kappa shape index (κ1) is 14.2. The van der Waals surface area contributed by atoms with Crippen LogP contribution in [0.5, 0.6) is 0 Å². The lowest BCUT2D eigenvalue weighted by molar-refractivity contribution is 0.252. The zero-order chi connectivity index (χ0) is 13.9. The maximum absolute atomic E-state index is 5.98. The molecule has 1 aliphatic rings. The summed E-state index contributed by atoms with van der Waals surface area (Å²) in [6.45, 7) is 7.82. The van der Waals surface area contributed by atoms with Gasteiger partial charge < -0.3 is 11.1 Å². The van der Waals surface area contributed by atoms with E-state index in [0.717, 1.165) is 29.4 Å². The van der Waals surface area contributed by atoms with Gasteiger partial charge in [0.25, 0.3) is 0 Å². The van der Waals surface area contributed by atoms with Crippen molar-refractivity contribution >= 4 is 11.4 Å². The predicted octanol–water partition coefficient (Wildman–Crippen LogP) is 4.60. The maximum atomic E-state index is 5.98. The van der Waals surface area contributed by atoms with Crippen molar-refractivity contribution in [2.45, 2.75) is 52.9 Å². The summed E-state index contributed by atoms with van der Waals surface area (Å²) >= 11 is 0. The Hall–Kier alpha value is -1.18. The van der Waals surface area contributed by atoms with E-state index in [1.807, 2.05) is 0 Å². The fourth-order valence-electron chi connectivity index (χ4n) is 3.48. The molecule has 0 amide bonds. The minimum Gasteiger partial charge on any atom is -0.398 e. The molecule has 1 aromatic rings. The van der Waals surface area contributed by atoms with Crippen LogP contribution in [0.1, 0.15) is 51.5 Å². The van der Waals surface area contributed by atoms with Gasteiger partial charge in [0, 0.05) is 17.9 Å². The van der Waals surface area contributed by atoms with E-state index < -0.39 is 0 Å². The largest absolute Gasteiger partial charge is 0.398 e. The summed E-state index contributed by atoms with van der Waals surface area (Å²) in [5.41, 5.74) is 9.69. The number of nitrogens with one attached hydrogen (secondary N) is 1. The number of benzene rings is 1. The van der Waals surface area contributed by atoms with Crippen LogP contribution in [0.4, 0.5) is 11.4 Å². The summed E-state index contributed by atoms with van der Waals surface area (Å²) in [4.78, 5) is 0. The highest BCUT2D eigenvalue weighted by Gasteiger charge is 2.34. The summed E-state index contributed by atoms with van der Waals surface area (Å²) < 4.78 is 0. The molecule has 0 aliphatic heterocycles. The number of nitrogen functional groups attached to an aromatic ring is 1. The van der Waals surface area contributed by atoms with Crippen molar-refractivity contribution in [3.8, 4) is 0 Å². The smallest absolute Gasteiger partial charge is 0.0364 e. The third-order valence-corrected chi connectivity index (χ3v) is 4.45. The van der Waals surface area contributed by atoms with Crippen LogP contribution >= 0.6 is 0 Å². The molecule has 0 aromatic heterocycles. The molecule has 106 valence electrons. The molecule has 0 radical (unpaired) electrons. The quantitative estimate of drug-likeness (QED) is 0.760. The molecule has 0 atom stereocenters. The highest BCUT2D eigenvalue weighted by atomic mass is 14.9. The Balaban J connectivity index is 2.00. The van der Waals surface area contributed by atoms with Crippen LogP contribution in [0.15, 0.2) is 18.2 Å². The molecule has 2 rings (SSSR count). The number of aryl methyl sites for hydroxylation is 1. The number of hydrogen-bond acceptors (Lipinski definition) is 2. The van der Waals surface area contributed by atoms with E-state index in [4.69, 9.17) is 5.73 Å². The van der Waals surface area contributed by atoms with E-state index in [1.54, 1.807) is 0 Å². The zero-order valence-corrected chi connectivity index (χ0v) is 12.6. The second-order valence-electron chi connectivity index (χ2n) is 6.73. The molecule has 0 spiro atoms. The van der Waals surface area contributed by atoms with Gasteiger partial charge in [-0.3, -0.25) is 0 Å². The SMILES string of the molecule is Cc1ccc(NCC2(CC(C)C)CCCC2)cc1N. The number of nitrogens with two attached hydrogens (primary N) is 1. The fraction of sp³-hybridized carbons (Fsp3) is 0.647. The lowest BCUT2D eigenvalue weighted by Gasteiger charge is -2.31. The molecule has 1 fully saturated rings. The van der Waals surface area contributed by atoms with Crippen molar-refractivity contribution in [3.63, 3.8) is 0 Å². The summed E-state index contributed by atoms with van der Waals surface area (Å²) in [6, 6.07) is 6.30. The second-order valence-corrected chi connectivity index (χ2v) is 6.73. The van der Waals surface area contributed by atoms with E-state index in [2.05, 4.69) is 44.3 Å². The monoisotopic (exact) mass is 260 g/mol. The lowest BCUT2D eigenvalue weighted by atomic mass is 9.78. The predicted molar refractivity (Wildman–Crippen MR) is 84.4 cm³/mol. The molecule has 0 saturated heterocycles. The van der Waals surface area contributed by atoms with Crippen molar-refractivity contribution in [1.82, 2.24) is 0 Å². The Morgan fingerprint density at radius 1 is 1.26 bits per heavy atom. The Morgan fingerprint density at radius 3 is 2.53 bits per heavy atom. The van der Waals surface area contributed by atoms with Crippen molar-refractivity contribution < 1.29 is 0 Å². The van der Waals surface area contributed by atoms with E-state index >= 15 is 0 Å². The van der Waals surface area contributed by atoms with Gasteiger partial charge in [0.2, 0.25) is 0 Å². The molecular formula is C17H28N2. The Bertz CT molecular complexity index is 417. The number of anilines is 2. The molecule has 0 unspecified atom stereocenters. The molecule has 0 bridgehead atoms. The van der Waals surface area contributed by atoms with Gasteiger partial charge in [-0.1, -0.05) is 32.8 Å². The van der Waals surface area contributed by atoms with E-state index in [1.165, 1.54) is 32.1 Å². The molecule has 1 aliphatic carbocycles. The van der Waals surface area contributed by atoms with Crippen LogP contribution < -0.4 is 11.1 Å². The summed E-state index contributed by atoms with van der Waals surface area (Å²) in [7, 11) is 0. The molecule has 3 N–H and O–H groups in total. The highest BCUT2D eigenvalue weighted by molar-refractivity contribution is 5.58. The normalized spacial score (nSPS) is 17.9. The van der Waals surface area contributed by atoms with Crippen LogP contribution in [-0.4, -0.2) is 6.54 Å². The fourth-order valence-corrected chi connectivity index (χ4v) is 3.48. The Morgan fingerprint density at radius 2 is 1.95 bits per heavy atom. The first-order chi connectivity index (χ1) is 9.01. The minimum atomic E-state index is 0.508. The molecule has 1 aromatic carbocycles. The van der Waals surface area contributed by atoms with Crippen LogP contribution in [0, 0.1) is 18.3 Å². The van der Waals surface area contributed by atoms with Gasteiger partial charge >= 0.3 is 0 Å². The maximum Gasteiger partial charge on any atom is 0.0364 e. The van der Waals surface area contributed by atoms with Crippen LogP contribution in [0.2, 0.25) is 0 Å². The van der Waals surface area contributed by atoms with Gasteiger partial charge in [0.05, 0.1) is 0 Å². The molecule has 0 heterocycles. The van der Waals surface area contributed by atoms with Gasteiger partial charge in [-0.05, 0) is 55.2 Å². The summed E-state index contributed by atoms with van der Waals surface area (Å²) in [5.74, 6) is 0.781. The number of hydrogen-bond donors (Lipinski definition) is 2. The lowest BCUT2D eigenvalue weighted by Crippen LogP contribution is -2.28. The van der Waals surface area contributed by atoms with Gasteiger partial charge in [-0.2, -0.15) is 0 Å². The van der Waals surface area contributed by atoms with Crippen molar-refractivity contribution in [2.24, 2.45) is 11.3 Å². The van der Waals surface area contributed by atoms with Crippen molar-refractivity contribution in [2.75, 3.05) is 17.6 Å². The molecule has 19 heavy (non-hydrogen) atoms. The standard InChI is InChI=1S/C17H28N2/c1-13(2)11-17(8-4-5-9-17)12-19-15-7-6-14(3)16(18)10-15/h6-7,10,13,19H,4-5,8-9,11-12,18H2,1-3H3. The molecular weight excluding hydrogens is 232 g/mol. The van der Waals surface area contributed by atoms with Gasteiger partial charge in [-0.15, -0.1) is 0 Å². The van der Waals surface area contributed by atoms with Gasteiger partial charge in [0.15, 0.2) is 0 Å². The van der Waals surface area contributed by atoms with Crippen LogP contribution in [0.3, 0.4) is 0 Å². The topological polar surface area (TPSA) is 38.0 Å². The third-order valence-electron chi connectivity index (χ3n) is 4.45. The molecule has 2 heteroatoms. The van der Waals surface area contributed by atoms with E-state index in [0.29, 0.717) is 5.41 Å². The zero-order valence-electron chi connectivity index (χ0n) is 12.6. The molecule has 1 saturated carbocycles. The summed E-state index contributed by atoms with van der Waals surface area (Å²) in [6.07, 6.45) is 6.87. The average Bonchev–Trinajstić information content (AvgIpc) is 2.79. The highest BCUT2D eigenvalue weighted by Crippen LogP contribution is 2.43. The first-order valence-electron chi connectivity index (χ1n) is 7.61. The minimum absolute atomic E-state index is 0.508.